The summed E-state index contributed by atoms with van der Waals surface area (Å²) in [7, 11) is 0. The van der Waals surface area contributed by atoms with Gasteiger partial charge >= 0.3 is 5.97 Å². The van der Waals surface area contributed by atoms with Crippen LogP contribution in [-0.2, 0) is 4.79 Å². The molecule has 1 amide bonds. The number of carboxylic acid groups (broad SMARTS) is 1. The minimum atomic E-state index is -1.03. The van der Waals surface area contributed by atoms with Crippen LogP contribution in [0.25, 0.3) is 0 Å². The van der Waals surface area contributed by atoms with Crippen LogP contribution in [0.2, 0.25) is 0 Å². The molecule has 0 atom stereocenters. The maximum atomic E-state index is 11.8. The lowest BCUT2D eigenvalue weighted by Gasteiger charge is -2.21. The fourth-order valence-electron chi connectivity index (χ4n) is 1.12. The van der Waals surface area contributed by atoms with Crippen molar-refractivity contribution in [3.8, 4) is 0 Å². The van der Waals surface area contributed by atoms with Crippen LogP contribution in [0.15, 0.2) is 24.3 Å². The molecule has 0 aromatic heterocycles. The van der Waals surface area contributed by atoms with Crippen LogP contribution in [0.4, 0.5) is 5.69 Å². The average molecular weight is 236 g/mol. The van der Waals surface area contributed by atoms with E-state index in [2.05, 4.69) is 5.32 Å². The highest BCUT2D eigenvalue weighted by Crippen LogP contribution is 2.17. The van der Waals surface area contributed by atoms with Crippen LogP contribution in [0, 0.1) is 5.41 Å². The second-order valence-corrected chi connectivity index (χ2v) is 4.43. The van der Waals surface area contributed by atoms with E-state index in [0.29, 0.717) is 5.69 Å². The molecule has 0 fully saturated rings. The Morgan fingerprint density at radius 1 is 1.41 bits per heavy atom. The molecule has 1 aromatic carbocycles. The van der Waals surface area contributed by atoms with Crippen molar-refractivity contribution in [1.29, 1.82) is 0 Å². The molecule has 0 unspecified atom stereocenters. The highest BCUT2D eigenvalue weighted by atomic mass is 16.4. The summed E-state index contributed by atoms with van der Waals surface area (Å²) in [6.07, 6.45) is 0. The number of carboxylic acids is 1. The Labute approximate surface area is 99.6 Å². The Morgan fingerprint density at radius 3 is 2.59 bits per heavy atom. The van der Waals surface area contributed by atoms with Crippen LogP contribution in [0.5, 0.6) is 0 Å². The molecule has 17 heavy (non-hydrogen) atoms. The molecule has 0 spiro atoms. The summed E-state index contributed by atoms with van der Waals surface area (Å²) in [6.45, 7) is 3.67. The smallest absolute Gasteiger partial charge is 0.335 e. The summed E-state index contributed by atoms with van der Waals surface area (Å²) in [6, 6.07) is 6.09. The molecule has 5 heteroatoms. The Balaban J connectivity index is 2.86. The van der Waals surface area contributed by atoms with Crippen LogP contribution in [-0.4, -0.2) is 23.5 Å². The highest BCUT2D eigenvalue weighted by molar-refractivity contribution is 5.96. The van der Waals surface area contributed by atoms with E-state index in [1.807, 2.05) is 0 Å². The molecule has 0 saturated carbocycles. The first-order chi connectivity index (χ1) is 7.86. The van der Waals surface area contributed by atoms with Gasteiger partial charge in [0.15, 0.2) is 0 Å². The van der Waals surface area contributed by atoms with Crippen molar-refractivity contribution < 1.29 is 14.7 Å². The third kappa shape index (κ3) is 3.29. The van der Waals surface area contributed by atoms with Gasteiger partial charge in [-0.25, -0.2) is 4.79 Å². The van der Waals surface area contributed by atoms with Gasteiger partial charge < -0.3 is 16.2 Å². The molecule has 0 saturated heterocycles. The van der Waals surface area contributed by atoms with Gasteiger partial charge in [-0.15, -0.1) is 0 Å². The third-order valence-electron chi connectivity index (χ3n) is 2.49. The van der Waals surface area contributed by atoms with E-state index >= 15 is 0 Å². The van der Waals surface area contributed by atoms with Crippen molar-refractivity contribution in [2.45, 2.75) is 13.8 Å². The minimum Gasteiger partial charge on any atom is -0.478 e. The van der Waals surface area contributed by atoms with Crippen molar-refractivity contribution in [1.82, 2.24) is 0 Å². The number of aromatic carboxylic acids is 1. The number of nitrogens with two attached hydrogens (primary N) is 1. The van der Waals surface area contributed by atoms with E-state index in [4.69, 9.17) is 10.8 Å². The number of hydrogen-bond donors (Lipinski definition) is 3. The summed E-state index contributed by atoms with van der Waals surface area (Å²) in [5, 5.41) is 11.5. The van der Waals surface area contributed by atoms with Gasteiger partial charge in [0.05, 0.1) is 11.0 Å². The SMILES string of the molecule is CC(C)(CN)C(=O)Nc1cccc(C(=O)O)c1. The van der Waals surface area contributed by atoms with Crippen molar-refractivity contribution >= 4 is 17.6 Å². The maximum Gasteiger partial charge on any atom is 0.335 e. The van der Waals surface area contributed by atoms with Gasteiger partial charge in [-0.3, -0.25) is 4.79 Å². The summed E-state index contributed by atoms with van der Waals surface area (Å²) in [4.78, 5) is 22.6. The zero-order valence-corrected chi connectivity index (χ0v) is 9.86. The molecular weight excluding hydrogens is 220 g/mol. The third-order valence-corrected chi connectivity index (χ3v) is 2.49. The second kappa shape index (κ2) is 4.97. The molecule has 4 N–H and O–H groups in total. The molecule has 0 heterocycles. The fraction of sp³-hybridized carbons (Fsp3) is 0.333. The molecule has 0 bridgehead atoms. The number of benzene rings is 1. The molecule has 0 aliphatic carbocycles. The first-order valence-corrected chi connectivity index (χ1v) is 5.22. The van der Waals surface area contributed by atoms with Gasteiger partial charge in [-0.05, 0) is 32.0 Å². The summed E-state index contributed by atoms with van der Waals surface area (Å²) in [5.41, 5.74) is 5.39. The van der Waals surface area contributed by atoms with Crippen LogP contribution >= 0.6 is 0 Å². The molecule has 0 radical (unpaired) electrons. The first-order valence-electron chi connectivity index (χ1n) is 5.22. The zero-order chi connectivity index (χ0) is 13.1. The predicted molar refractivity (Wildman–Crippen MR) is 64.9 cm³/mol. The molecule has 0 aliphatic heterocycles. The number of carbonyl (C=O) groups is 2. The summed E-state index contributed by atoms with van der Waals surface area (Å²) < 4.78 is 0. The van der Waals surface area contributed by atoms with Gasteiger partial charge in [0.2, 0.25) is 5.91 Å². The largest absolute Gasteiger partial charge is 0.478 e. The fourth-order valence-corrected chi connectivity index (χ4v) is 1.12. The van der Waals surface area contributed by atoms with Gasteiger partial charge in [-0.1, -0.05) is 6.07 Å². The van der Waals surface area contributed by atoms with E-state index in [-0.39, 0.29) is 18.0 Å². The van der Waals surface area contributed by atoms with Gasteiger partial charge in [0.1, 0.15) is 0 Å². The van der Waals surface area contributed by atoms with Gasteiger partial charge in [-0.2, -0.15) is 0 Å². The lowest BCUT2D eigenvalue weighted by atomic mass is 9.92. The minimum absolute atomic E-state index is 0.133. The Kier molecular flexibility index (Phi) is 3.85. The monoisotopic (exact) mass is 236 g/mol. The van der Waals surface area contributed by atoms with Crippen LogP contribution in [0.1, 0.15) is 24.2 Å². The van der Waals surface area contributed by atoms with E-state index in [9.17, 15) is 9.59 Å². The lowest BCUT2D eigenvalue weighted by molar-refractivity contribution is -0.123. The Bertz CT molecular complexity index is 441. The van der Waals surface area contributed by atoms with E-state index < -0.39 is 11.4 Å². The number of nitrogens with one attached hydrogen (secondary N) is 1. The number of rotatable bonds is 4. The van der Waals surface area contributed by atoms with Crippen molar-refractivity contribution in [3.05, 3.63) is 29.8 Å². The summed E-state index contributed by atoms with van der Waals surface area (Å²) in [5.74, 6) is -1.26. The van der Waals surface area contributed by atoms with E-state index in [0.717, 1.165) is 0 Å². The Morgan fingerprint density at radius 2 is 2.06 bits per heavy atom. The molecule has 1 rings (SSSR count). The standard InChI is InChI=1S/C12H16N2O3/c1-12(2,7-13)11(17)14-9-5-3-4-8(6-9)10(15)16/h3-6H,7,13H2,1-2H3,(H,14,17)(H,15,16). The van der Waals surface area contributed by atoms with Crippen molar-refractivity contribution in [2.75, 3.05) is 11.9 Å². The number of anilines is 1. The van der Waals surface area contributed by atoms with Gasteiger partial charge in [0, 0.05) is 12.2 Å². The normalized spacial score (nSPS) is 11.0. The second-order valence-electron chi connectivity index (χ2n) is 4.43. The molecule has 0 aliphatic rings. The van der Waals surface area contributed by atoms with Crippen LogP contribution < -0.4 is 11.1 Å². The summed E-state index contributed by atoms with van der Waals surface area (Å²) >= 11 is 0. The molecule has 92 valence electrons. The lowest BCUT2D eigenvalue weighted by Crippen LogP contribution is -2.37. The van der Waals surface area contributed by atoms with E-state index in [1.165, 1.54) is 12.1 Å². The predicted octanol–water partition coefficient (Wildman–Crippen LogP) is 1.31. The zero-order valence-electron chi connectivity index (χ0n) is 9.86. The first kappa shape index (κ1) is 13.2. The quantitative estimate of drug-likeness (QED) is 0.734. The molecule has 5 nitrogen and oxygen atoms in total. The van der Waals surface area contributed by atoms with E-state index in [1.54, 1.807) is 26.0 Å². The average Bonchev–Trinajstić information content (AvgIpc) is 2.29. The van der Waals surface area contributed by atoms with Crippen molar-refractivity contribution in [3.63, 3.8) is 0 Å². The number of carbonyl (C=O) groups excluding carboxylic acids is 1. The van der Waals surface area contributed by atoms with Crippen molar-refractivity contribution in [2.24, 2.45) is 11.1 Å². The topological polar surface area (TPSA) is 92.4 Å². The number of amides is 1. The molecular formula is C12H16N2O3. The number of hydrogen-bond acceptors (Lipinski definition) is 3. The van der Waals surface area contributed by atoms with Gasteiger partial charge in [0.25, 0.3) is 0 Å². The highest BCUT2D eigenvalue weighted by Gasteiger charge is 2.25. The Hall–Kier alpha value is -1.88. The maximum absolute atomic E-state index is 11.8. The molecule has 1 aromatic rings. The van der Waals surface area contributed by atoms with Crippen LogP contribution in [0.3, 0.4) is 0 Å².